The quantitative estimate of drug-likeness (QED) is 0.448. The molecule has 0 saturated heterocycles. The first-order valence-corrected chi connectivity index (χ1v) is 9.74. The summed E-state index contributed by atoms with van der Waals surface area (Å²) in [6, 6.07) is 18.2. The van der Waals surface area contributed by atoms with Crippen LogP contribution in [-0.2, 0) is 14.4 Å². The predicted octanol–water partition coefficient (Wildman–Crippen LogP) is 3.11. The number of hydrogen-bond acceptors (Lipinski definition) is 6. The molecule has 0 aliphatic carbocycles. The third-order valence-corrected chi connectivity index (χ3v) is 4.49. The molecular formula is C23H23N3O5. The van der Waals surface area contributed by atoms with E-state index < -0.39 is 23.0 Å². The van der Waals surface area contributed by atoms with Gasteiger partial charge < -0.3 is 4.74 Å². The molecule has 3 aromatic rings. The molecule has 0 spiro atoms. The van der Waals surface area contributed by atoms with Gasteiger partial charge in [-0.05, 0) is 26.3 Å². The Balaban J connectivity index is 2.06. The maximum Gasteiger partial charge on any atom is 0.340 e. The zero-order valence-electron chi connectivity index (χ0n) is 17.5. The number of nitrogens with one attached hydrogen (secondary N) is 2. The number of rotatable bonds is 7. The number of esters is 1. The average molecular weight is 421 g/mol. The standard InChI is InChI=1S/C23H23N3O5/c1-4-30-22(29)23(2,3)31-26-21(28)18-17(15-11-7-5-8-12-15)19(24-25-20(18)27)16-13-9-6-10-14-16/h5-14H,4H2,1-3H3,(H,25,27)(H,26,28). The molecule has 0 bridgehead atoms. The van der Waals surface area contributed by atoms with Gasteiger partial charge in [-0.15, -0.1) is 0 Å². The monoisotopic (exact) mass is 421 g/mol. The highest BCUT2D eigenvalue weighted by molar-refractivity contribution is 6.03. The van der Waals surface area contributed by atoms with Crippen molar-refractivity contribution in [3.8, 4) is 22.4 Å². The molecule has 1 heterocycles. The maximum absolute atomic E-state index is 13.0. The maximum atomic E-state index is 13.0. The molecule has 160 valence electrons. The van der Waals surface area contributed by atoms with Crippen LogP contribution >= 0.6 is 0 Å². The van der Waals surface area contributed by atoms with E-state index in [1.165, 1.54) is 13.8 Å². The van der Waals surface area contributed by atoms with Gasteiger partial charge in [0.05, 0.1) is 12.3 Å². The first-order valence-electron chi connectivity index (χ1n) is 9.74. The fourth-order valence-electron chi connectivity index (χ4n) is 2.93. The number of benzene rings is 2. The van der Waals surface area contributed by atoms with E-state index in [1.54, 1.807) is 31.2 Å². The van der Waals surface area contributed by atoms with Crippen LogP contribution in [-0.4, -0.2) is 34.3 Å². The lowest BCUT2D eigenvalue weighted by Gasteiger charge is -2.22. The summed E-state index contributed by atoms with van der Waals surface area (Å²) in [5.41, 5.74) is 2.05. The van der Waals surface area contributed by atoms with Crippen molar-refractivity contribution < 1.29 is 19.2 Å². The summed E-state index contributed by atoms with van der Waals surface area (Å²) in [4.78, 5) is 43.0. The molecule has 0 saturated carbocycles. The highest BCUT2D eigenvalue weighted by Gasteiger charge is 2.33. The highest BCUT2D eigenvalue weighted by Crippen LogP contribution is 2.31. The van der Waals surface area contributed by atoms with Crippen molar-refractivity contribution in [1.29, 1.82) is 0 Å². The number of amides is 1. The van der Waals surface area contributed by atoms with Gasteiger partial charge in [-0.1, -0.05) is 60.7 Å². The number of ether oxygens (including phenoxy) is 1. The normalized spacial score (nSPS) is 11.1. The Hall–Kier alpha value is -3.78. The highest BCUT2D eigenvalue weighted by atomic mass is 16.7. The van der Waals surface area contributed by atoms with Crippen LogP contribution < -0.4 is 11.0 Å². The van der Waals surface area contributed by atoms with Gasteiger partial charge >= 0.3 is 5.97 Å². The van der Waals surface area contributed by atoms with E-state index in [4.69, 9.17) is 9.57 Å². The Morgan fingerprint density at radius 2 is 1.58 bits per heavy atom. The molecule has 0 aliphatic heterocycles. The number of nitrogens with zero attached hydrogens (tertiary/aromatic N) is 1. The van der Waals surface area contributed by atoms with Crippen LogP contribution in [0.4, 0.5) is 0 Å². The predicted molar refractivity (Wildman–Crippen MR) is 115 cm³/mol. The minimum atomic E-state index is -1.44. The number of hydroxylamine groups is 1. The molecule has 3 rings (SSSR count). The molecule has 1 amide bonds. The van der Waals surface area contributed by atoms with Gasteiger partial charge in [0.25, 0.3) is 11.5 Å². The molecule has 0 aliphatic rings. The second kappa shape index (κ2) is 9.36. The van der Waals surface area contributed by atoms with Crippen molar-refractivity contribution in [2.75, 3.05) is 6.61 Å². The van der Waals surface area contributed by atoms with Gasteiger partial charge in [0.15, 0.2) is 5.60 Å². The van der Waals surface area contributed by atoms with Gasteiger partial charge in [0, 0.05) is 11.1 Å². The lowest BCUT2D eigenvalue weighted by atomic mass is 9.95. The summed E-state index contributed by atoms with van der Waals surface area (Å²) in [5, 5.41) is 6.58. The van der Waals surface area contributed by atoms with Gasteiger partial charge in [-0.3, -0.25) is 14.4 Å². The lowest BCUT2D eigenvalue weighted by molar-refractivity contribution is -0.173. The molecule has 8 nitrogen and oxygen atoms in total. The Morgan fingerprint density at radius 3 is 2.16 bits per heavy atom. The van der Waals surface area contributed by atoms with Crippen molar-refractivity contribution in [3.63, 3.8) is 0 Å². The first-order chi connectivity index (χ1) is 14.8. The SMILES string of the molecule is CCOC(=O)C(C)(C)ONC(=O)c1c(-c2ccccc2)c(-c2ccccc2)n[nH]c1=O. The third-order valence-electron chi connectivity index (χ3n) is 4.49. The summed E-state index contributed by atoms with van der Waals surface area (Å²) in [6.07, 6.45) is 0. The van der Waals surface area contributed by atoms with Gasteiger partial charge in [-0.2, -0.15) is 5.10 Å². The van der Waals surface area contributed by atoms with Crippen LogP contribution in [0.3, 0.4) is 0 Å². The summed E-state index contributed by atoms with van der Waals surface area (Å²) in [6.45, 7) is 4.74. The van der Waals surface area contributed by atoms with Crippen LogP contribution in [0.5, 0.6) is 0 Å². The van der Waals surface area contributed by atoms with Crippen molar-refractivity contribution in [2.45, 2.75) is 26.4 Å². The Labute approximate surface area is 179 Å². The molecule has 0 unspecified atom stereocenters. The Kier molecular flexibility index (Phi) is 6.61. The molecule has 2 N–H and O–H groups in total. The van der Waals surface area contributed by atoms with E-state index in [0.717, 1.165) is 5.56 Å². The minimum Gasteiger partial charge on any atom is -0.464 e. The number of carbonyl (C=O) groups is 2. The molecule has 31 heavy (non-hydrogen) atoms. The van der Waals surface area contributed by atoms with Gasteiger partial charge in [0.2, 0.25) is 0 Å². The minimum absolute atomic E-state index is 0.169. The molecule has 8 heteroatoms. The van der Waals surface area contributed by atoms with Crippen LogP contribution in [0.25, 0.3) is 22.4 Å². The second-order valence-corrected chi connectivity index (χ2v) is 7.15. The average Bonchev–Trinajstić information content (AvgIpc) is 2.78. The summed E-state index contributed by atoms with van der Waals surface area (Å²) in [5.74, 6) is -1.45. The van der Waals surface area contributed by atoms with E-state index in [2.05, 4.69) is 15.7 Å². The number of H-pyrrole nitrogens is 1. The van der Waals surface area contributed by atoms with E-state index in [0.29, 0.717) is 16.8 Å². The van der Waals surface area contributed by atoms with Crippen LogP contribution in [0.15, 0.2) is 65.5 Å². The number of aromatic amines is 1. The largest absolute Gasteiger partial charge is 0.464 e. The van der Waals surface area contributed by atoms with Crippen molar-refractivity contribution in [3.05, 3.63) is 76.6 Å². The smallest absolute Gasteiger partial charge is 0.340 e. The molecular weight excluding hydrogens is 398 g/mol. The van der Waals surface area contributed by atoms with E-state index in [9.17, 15) is 14.4 Å². The molecule has 0 atom stereocenters. The van der Waals surface area contributed by atoms with E-state index in [1.807, 2.05) is 36.4 Å². The van der Waals surface area contributed by atoms with E-state index >= 15 is 0 Å². The second-order valence-electron chi connectivity index (χ2n) is 7.15. The third kappa shape index (κ3) is 4.87. The van der Waals surface area contributed by atoms with Crippen LogP contribution in [0.2, 0.25) is 0 Å². The van der Waals surface area contributed by atoms with Crippen molar-refractivity contribution in [1.82, 2.24) is 15.7 Å². The fraction of sp³-hybridized carbons (Fsp3) is 0.217. The first kappa shape index (κ1) is 21.9. The zero-order chi connectivity index (χ0) is 22.4. The summed E-state index contributed by atoms with van der Waals surface area (Å²) >= 11 is 0. The Morgan fingerprint density at radius 1 is 1.00 bits per heavy atom. The van der Waals surface area contributed by atoms with E-state index in [-0.39, 0.29) is 12.2 Å². The van der Waals surface area contributed by atoms with Crippen molar-refractivity contribution >= 4 is 11.9 Å². The van der Waals surface area contributed by atoms with Gasteiger partial charge in [0.1, 0.15) is 5.56 Å². The number of aromatic nitrogens is 2. The molecule has 2 aromatic carbocycles. The molecule has 0 fully saturated rings. The fourth-order valence-corrected chi connectivity index (χ4v) is 2.93. The van der Waals surface area contributed by atoms with Gasteiger partial charge in [-0.25, -0.2) is 15.4 Å². The number of hydrogen-bond donors (Lipinski definition) is 2. The number of carbonyl (C=O) groups excluding carboxylic acids is 2. The zero-order valence-corrected chi connectivity index (χ0v) is 17.5. The molecule has 0 radical (unpaired) electrons. The lowest BCUT2D eigenvalue weighted by Crippen LogP contribution is -2.44. The topological polar surface area (TPSA) is 110 Å². The summed E-state index contributed by atoms with van der Waals surface area (Å²) < 4.78 is 4.95. The molecule has 1 aromatic heterocycles. The Bertz CT molecular complexity index is 1120. The summed E-state index contributed by atoms with van der Waals surface area (Å²) in [7, 11) is 0. The van der Waals surface area contributed by atoms with Crippen LogP contribution in [0.1, 0.15) is 31.1 Å². The van der Waals surface area contributed by atoms with Crippen molar-refractivity contribution in [2.24, 2.45) is 0 Å². The van der Waals surface area contributed by atoms with Crippen LogP contribution in [0, 0.1) is 0 Å².